The van der Waals surface area contributed by atoms with E-state index in [2.05, 4.69) is 5.32 Å². The molecule has 1 amide bonds. The number of hydrogen-bond donors (Lipinski definition) is 3. The van der Waals surface area contributed by atoms with Crippen LogP contribution in [0, 0.1) is 0 Å². The van der Waals surface area contributed by atoms with E-state index in [9.17, 15) is 4.79 Å². The van der Waals surface area contributed by atoms with Crippen molar-refractivity contribution in [2.75, 3.05) is 17.7 Å². The summed E-state index contributed by atoms with van der Waals surface area (Å²) in [5, 5.41) is 5.23. The van der Waals surface area contributed by atoms with Crippen LogP contribution in [0.4, 0.5) is 11.4 Å². The molecule has 0 aliphatic carbocycles. The predicted molar refractivity (Wildman–Crippen MR) is 77.2 cm³/mol. The van der Waals surface area contributed by atoms with Gasteiger partial charge in [-0.25, -0.2) is 0 Å². The largest absolute Gasteiger partial charge is 0.484 e. The first kappa shape index (κ1) is 13.2. The molecule has 1 aromatic heterocycles. The monoisotopic (exact) mass is 277 g/mol. The Kier molecular flexibility index (Phi) is 4.25. The Labute approximate surface area is 115 Å². The number of nitrogens with two attached hydrogens (primary N) is 2. The van der Waals surface area contributed by atoms with Gasteiger partial charge < -0.3 is 21.5 Å². The van der Waals surface area contributed by atoms with Crippen molar-refractivity contribution in [2.24, 2.45) is 5.73 Å². The second-order valence-corrected chi connectivity index (χ2v) is 4.93. The van der Waals surface area contributed by atoms with E-state index >= 15 is 0 Å². The van der Waals surface area contributed by atoms with Gasteiger partial charge in [-0.2, -0.15) is 0 Å². The fourth-order valence-corrected chi connectivity index (χ4v) is 2.24. The molecule has 0 spiro atoms. The Hall–Kier alpha value is -2.21. The van der Waals surface area contributed by atoms with Crippen molar-refractivity contribution >= 4 is 28.6 Å². The number of carbonyl (C=O) groups is 1. The van der Waals surface area contributed by atoms with Gasteiger partial charge in [-0.3, -0.25) is 4.79 Å². The molecular formula is C13H15N3O2S. The van der Waals surface area contributed by atoms with E-state index in [4.69, 9.17) is 16.2 Å². The van der Waals surface area contributed by atoms with Crippen LogP contribution < -0.4 is 21.5 Å². The van der Waals surface area contributed by atoms with Gasteiger partial charge in [0.1, 0.15) is 5.75 Å². The number of nitrogens with one attached hydrogen (secondary N) is 1. The van der Waals surface area contributed by atoms with Crippen LogP contribution in [0.1, 0.15) is 4.88 Å². The number of rotatable bonds is 6. The summed E-state index contributed by atoms with van der Waals surface area (Å²) in [6, 6.07) is 9.20. The first-order valence-corrected chi connectivity index (χ1v) is 6.60. The number of benzene rings is 1. The summed E-state index contributed by atoms with van der Waals surface area (Å²) in [6.45, 7) is 0.573. The average Bonchev–Trinajstić information content (AvgIpc) is 2.81. The maximum absolute atomic E-state index is 10.6. The summed E-state index contributed by atoms with van der Waals surface area (Å²) in [6.07, 6.45) is 0. The topological polar surface area (TPSA) is 90.4 Å². The summed E-state index contributed by atoms with van der Waals surface area (Å²) < 4.78 is 5.17. The molecule has 0 atom stereocenters. The molecule has 6 heteroatoms. The molecule has 0 aliphatic rings. The van der Waals surface area contributed by atoms with Gasteiger partial charge in [-0.05, 0) is 35.7 Å². The van der Waals surface area contributed by atoms with Crippen molar-refractivity contribution in [3.8, 4) is 5.75 Å². The molecule has 0 saturated carbocycles. The van der Waals surface area contributed by atoms with Gasteiger partial charge in [-0.1, -0.05) is 0 Å². The van der Waals surface area contributed by atoms with Gasteiger partial charge in [0.25, 0.3) is 5.91 Å². The molecule has 5 nitrogen and oxygen atoms in total. The van der Waals surface area contributed by atoms with Crippen molar-refractivity contribution in [1.82, 2.24) is 0 Å². The van der Waals surface area contributed by atoms with Crippen LogP contribution in [0.25, 0.3) is 0 Å². The number of thiophene rings is 1. The van der Waals surface area contributed by atoms with Gasteiger partial charge >= 0.3 is 0 Å². The van der Waals surface area contributed by atoms with Crippen LogP contribution in [-0.2, 0) is 11.3 Å². The summed E-state index contributed by atoms with van der Waals surface area (Å²) in [7, 11) is 0. The average molecular weight is 277 g/mol. The van der Waals surface area contributed by atoms with Crippen LogP contribution in [0.3, 0.4) is 0 Å². The van der Waals surface area contributed by atoms with Gasteiger partial charge in [-0.15, -0.1) is 11.3 Å². The van der Waals surface area contributed by atoms with Crippen LogP contribution in [0.5, 0.6) is 5.75 Å². The highest BCUT2D eigenvalue weighted by molar-refractivity contribution is 7.10. The van der Waals surface area contributed by atoms with Crippen molar-refractivity contribution in [3.05, 3.63) is 40.6 Å². The normalized spacial score (nSPS) is 10.1. The van der Waals surface area contributed by atoms with E-state index in [-0.39, 0.29) is 6.61 Å². The second kappa shape index (κ2) is 6.10. The van der Waals surface area contributed by atoms with Crippen LogP contribution in [0.2, 0.25) is 0 Å². The number of carbonyl (C=O) groups excluding carboxylic acids is 1. The van der Waals surface area contributed by atoms with Gasteiger partial charge in [0.05, 0.1) is 6.54 Å². The van der Waals surface area contributed by atoms with Crippen LogP contribution in [0.15, 0.2) is 35.7 Å². The van der Waals surface area contributed by atoms with E-state index in [0.717, 1.165) is 16.3 Å². The minimum Gasteiger partial charge on any atom is -0.484 e. The lowest BCUT2D eigenvalue weighted by Crippen LogP contribution is -2.19. The minimum atomic E-state index is -0.490. The SMILES string of the molecule is NC(=O)COc1ccc(NCc2sccc2N)cc1. The van der Waals surface area contributed by atoms with Crippen LogP contribution >= 0.6 is 11.3 Å². The lowest BCUT2D eigenvalue weighted by Gasteiger charge is -2.07. The Morgan fingerprint density at radius 1 is 1.26 bits per heavy atom. The third-order valence-electron chi connectivity index (χ3n) is 2.47. The van der Waals surface area contributed by atoms with Crippen LogP contribution in [-0.4, -0.2) is 12.5 Å². The van der Waals surface area contributed by atoms with E-state index < -0.39 is 5.91 Å². The van der Waals surface area contributed by atoms with Gasteiger partial charge in [0, 0.05) is 16.3 Å². The summed E-state index contributed by atoms with van der Waals surface area (Å²) in [4.78, 5) is 11.7. The molecule has 0 radical (unpaired) electrons. The zero-order valence-corrected chi connectivity index (χ0v) is 11.1. The highest BCUT2D eigenvalue weighted by Crippen LogP contribution is 2.21. The third kappa shape index (κ3) is 3.89. The number of amides is 1. The van der Waals surface area contributed by atoms with E-state index in [1.807, 2.05) is 23.6 Å². The molecule has 2 aromatic rings. The highest BCUT2D eigenvalue weighted by Gasteiger charge is 2.01. The Morgan fingerprint density at radius 2 is 2.00 bits per heavy atom. The molecule has 0 fully saturated rings. The van der Waals surface area contributed by atoms with Crippen molar-refractivity contribution in [1.29, 1.82) is 0 Å². The highest BCUT2D eigenvalue weighted by atomic mass is 32.1. The lowest BCUT2D eigenvalue weighted by molar-refractivity contribution is -0.119. The fraction of sp³-hybridized carbons (Fsp3) is 0.154. The number of nitrogen functional groups attached to an aromatic ring is 1. The smallest absolute Gasteiger partial charge is 0.255 e. The van der Waals surface area contributed by atoms with Gasteiger partial charge in [0.2, 0.25) is 0 Å². The Morgan fingerprint density at radius 3 is 2.58 bits per heavy atom. The maximum Gasteiger partial charge on any atom is 0.255 e. The molecule has 0 aliphatic heterocycles. The van der Waals surface area contributed by atoms with E-state index in [1.54, 1.807) is 23.5 Å². The Balaban J connectivity index is 1.88. The number of anilines is 2. The van der Waals surface area contributed by atoms with Crippen molar-refractivity contribution in [3.63, 3.8) is 0 Å². The molecule has 0 bridgehead atoms. The summed E-state index contributed by atoms with van der Waals surface area (Å²) in [5.41, 5.74) is 12.6. The zero-order valence-electron chi connectivity index (χ0n) is 10.3. The molecule has 5 N–H and O–H groups in total. The fourth-order valence-electron chi connectivity index (χ4n) is 1.50. The molecule has 2 rings (SSSR count). The summed E-state index contributed by atoms with van der Waals surface area (Å²) in [5.74, 6) is 0.121. The molecule has 100 valence electrons. The molecular weight excluding hydrogens is 262 g/mol. The van der Waals surface area contributed by atoms with Gasteiger partial charge in [0.15, 0.2) is 6.61 Å². The quantitative estimate of drug-likeness (QED) is 0.751. The first-order chi connectivity index (χ1) is 9.15. The van der Waals surface area contributed by atoms with E-state index in [0.29, 0.717) is 12.3 Å². The molecule has 19 heavy (non-hydrogen) atoms. The molecule has 1 aromatic carbocycles. The molecule has 1 heterocycles. The lowest BCUT2D eigenvalue weighted by atomic mass is 10.3. The number of hydrogen-bond acceptors (Lipinski definition) is 5. The minimum absolute atomic E-state index is 0.113. The maximum atomic E-state index is 10.6. The Bertz CT molecular complexity index is 551. The summed E-state index contributed by atoms with van der Waals surface area (Å²) >= 11 is 1.62. The third-order valence-corrected chi connectivity index (χ3v) is 3.41. The predicted octanol–water partition coefficient (Wildman–Crippen LogP) is 1.81. The zero-order chi connectivity index (χ0) is 13.7. The second-order valence-electron chi connectivity index (χ2n) is 3.93. The van der Waals surface area contributed by atoms with Crippen molar-refractivity contribution < 1.29 is 9.53 Å². The number of ether oxygens (including phenoxy) is 1. The van der Waals surface area contributed by atoms with E-state index in [1.165, 1.54) is 0 Å². The number of primary amides is 1. The molecule has 0 saturated heterocycles. The molecule has 0 unspecified atom stereocenters. The van der Waals surface area contributed by atoms with Crippen molar-refractivity contribution in [2.45, 2.75) is 6.54 Å². The standard InChI is InChI=1S/C13H15N3O2S/c14-11-5-6-19-12(11)7-16-9-1-3-10(4-2-9)18-8-13(15)17/h1-6,16H,7-8,14H2,(H2,15,17). The first-order valence-electron chi connectivity index (χ1n) is 5.72.